The van der Waals surface area contributed by atoms with Gasteiger partial charge in [0, 0.05) is 12.0 Å². The molecule has 0 saturated carbocycles. The number of aliphatic carboxylic acids is 1. The van der Waals surface area contributed by atoms with Crippen LogP contribution < -0.4 is 11.1 Å². The summed E-state index contributed by atoms with van der Waals surface area (Å²) in [5.74, 6) is -1.66. The topological polar surface area (TPSA) is 127 Å². The van der Waals surface area contributed by atoms with Crippen LogP contribution in [0.15, 0.2) is 24.3 Å². The lowest BCUT2D eigenvalue weighted by Crippen LogP contribution is -2.47. The largest absolute Gasteiger partial charge is 0.481 e. The fourth-order valence-electron chi connectivity index (χ4n) is 1.96. The van der Waals surface area contributed by atoms with Crippen molar-refractivity contribution in [2.45, 2.75) is 38.3 Å². The highest BCUT2D eigenvalue weighted by Gasteiger charge is 2.19. The lowest BCUT2D eigenvalue weighted by Gasteiger charge is -2.16. The van der Waals surface area contributed by atoms with Gasteiger partial charge in [0.2, 0.25) is 5.91 Å². The molecule has 0 fully saturated rings. The van der Waals surface area contributed by atoms with Gasteiger partial charge in [0.25, 0.3) is 0 Å². The fourth-order valence-corrected chi connectivity index (χ4v) is 1.96. The summed E-state index contributed by atoms with van der Waals surface area (Å²) in [5, 5.41) is 11.0. The lowest BCUT2D eigenvalue weighted by molar-refractivity contribution is -0.137. The van der Waals surface area contributed by atoms with E-state index in [4.69, 9.17) is 10.8 Å². The molecule has 1 aromatic rings. The number of amides is 1. The van der Waals surface area contributed by atoms with Crippen LogP contribution in [0, 0.1) is 0 Å². The maximum absolute atomic E-state index is 11.8. The number of hydrogen-bond donors (Lipinski definition) is 3. The summed E-state index contributed by atoms with van der Waals surface area (Å²) < 4.78 is 0. The maximum atomic E-state index is 11.8. The van der Waals surface area contributed by atoms with Gasteiger partial charge in [-0.05, 0) is 25.3 Å². The molecule has 0 aliphatic rings. The van der Waals surface area contributed by atoms with Crippen molar-refractivity contribution < 1.29 is 24.3 Å². The first-order valence-electron chi connectivity index (χ1n) is 7.16. The SMILES string of the molecule is CC(=O)c1ccc(C[C@@H](C=O)NC(=O)[C@H](N)CCC(=O)O)cc1. The molecule has 0 saturated heterocycles. The quantitative estimate of drug-likeness (QED) is 0.444. The second-order valence-electron chi connectivity index (χ2n) is 5.25. The molecule has 1 rings (SSSR count). The minimum atomic E-state index is -1.04. The highest BCUT2D eigenvalue weighted by molar-refractivity contribution is 5.94. The van der Waals surface area contributed by atoms with E-state index < -0.39 is 24.0 Å². The third-order valence-corrected chi connectivity index (χ3v) is 3.31. The van der Waals surface area contributed by atoms with Gasteiger partial charge in [-0.25, -0.2) is 0 Å². The number of hydrogen-bond acceptors (Lipinski definition) is 5. The number of benzene rings is 1. The molecular weight excluding hydrogens is 300 g/mol. The predicted octanol–water partition coefficient (Wildman–Crippen LogP) is 0.308. The molecule has 0 aliphatic carbocycles. The fraction of sp³-hybridized carbons (Fsp3) is 0.375. The number of carbonyl (C=O) groups is 4. The molecule has 7 nitrogen and oxygen atoms in total. The summed E-state index contributed by atoms with van der Waals surface area (Å²) in [6.07, 6.45) is 0.646. The number of nitrogens with two attached hydrogens (primary N) is 1. The molecule has 0 spiro atoms. The highest BCUT2D eigenvalue weighted by Crippen LogP contribution is 2.07. The highest BCUT2D eigenvalue weighted by atomic mass is 16.4. The number of carbonyl (C=O) groups excluding carboxylic acids is 3. The van der Waals surface area contributed by atoms with Gasteiger partial charge in [-0.3, -0.25) is 14.4 Å². The second kappa shape index (κ2) is 8.79. The Morgan fingerprint density at radius 1 is 1.26 bits per heavy atom. The summed E-state index contributed by atoms with van der Waals surface area (Å²) in [4.78, 5) is 44.6. The van der Waals surface area contributed by atoms with Gasteiger partial charge in [0.05, 0.1) is 12.1 Å². The number of aldehydes is 1. The van der Waals surface area contributed by atoms with Crippen molar-refractivity contribution in [2.24, 2.45) is 5.73 Å². The molecule has 2 atom stereocenters. The van der Waals surface area contributed by atoms with Crippen LogP contribution in [0.25, 0.3) is 0 Å². The monoisotopic (exact) mass is 320 g/mol. The summed E-state index contributed by atoms with van der Waals surface area (Å²) in [7, 11) is 0. The Morgan fingerprint density at radius 2 is 1.87 bits per heavy atom. The van der Waals surface area contributed by atoms with Crippen LogP contribution in [0.3, 0.4) is 0 Å². The Morgan fingerprint density at radius 3 is 2.35 bits per heavy atom. The Bertz CT molecular complexity index is 583. The number of ketones is 1. The molecule has 23 heavy (non-hydrogen) atoms. The van der Waals surface area contributed by atoms with E-state index in [0.29, 0.717) is 11.8 Å². The van der Waals surface area contributed by atoms with Crippen LogP contribution in [-0.2, 0) is 20.8 Å². The van der Waals surface area contributed by atoms with Crippen LogP contribution in [0.1, 0.15) is 35.7 Å². The predicted molar refractivity (Wildman–Crippen MR) is 83.0 cm³/mol. The van der Waals surface area contributed by atoms with Gasteiger partial charge in [0.1, 0.15) is 6.29 Å². The Balaban J connectivity index is 2.59. The minimum absolute atomic E-state index is 0.0000519. The van der Waals surface area contributed by atoms with Crippen molar-refractivity contribution in [1.82, 2.24) is 5.32 Å². The van der Waals surface area contributed by atoms with Crippen molar-refractivity contribution >= 4 is 23.9 Å². The van der Waals surface area contributed by atoms with Crippen LogP contribution in [0.2, 0.25) is 0 Å². The molecule has 1 aromatic carbocycles. The average Bonchev–Trinajstić information content (AvgIpc) is 2.52. The third-order valence-electron chi connectivity index (χ3n) is 3.31. The van der Waals surface area contributed by atoms with Gasteiger partial charge in [-0.2, -0.15) is 0 Å². The van der Waals surface area contributed by atoms with E-state index in [2.05, 4.69) is 5.32 Å². The van der Waals surface area contributed by atoms with Crippen LogP contribution in [-0.4, -0.2) is 41.1 Å². The number of nitrogens with one attached hydrogen (secondary N) is 1. The number of carboxylic acid groups (broad SMARTS) is 1. The van der Waals surface area contributed by atoms with Gasteiger partial charge < -0.3 is 21.0 Å². The van der Waals surface area contributed by atoms with Gasteiger partial charge in [0.15, 0.2) is 5.78 Å². The Hall–Kier alpha value is -2.54. The first-order valence-corrected chi connectivity index (χ1v) is 7.16. The summed E-state index contributed by atoms with van der Waals surface area (Å²) in [6, 6.07) is 4.99. The van der Waals surface area contributed by atoms with E-state index in [-0.39, 0.29) is 25.0 Å². The normalized spacial score (nSPS) is 13.0. The van der Waals surface area contributed by atoms with Crippen molar-refractivity contribution in [2.75, 3.05) is 0 Å². The number of rotatable bonds is 9. The van der Waals surface area contributed by atoms with E-state index >= 15 is 0 Å². The van der Waals surface area contributed by atoms with Gasteiger partial charge in [-0.1, -0.05) is 24.3 Å². The van der Waals surface area contributed by atoms with Crippen molar-refractivity contribution in [1.29, 1.82) is 0 Å². The molecule has 0 bridgehead atoms. The van der Waals surface area contributed by atoms with E-state index in [0.717, 1.165) is 5.56 Å². The Kier molecular flexibility index (Phi) is 7.08. The molecule has 124 valence electrons. The minimum Gasteiger partial charge on any atom is -0.481 e. The molecule has 0 unspecified atom stereocenters. The lowest BCUT2D eigenvalue weighted by atomic mass is 10.0. The molecule has 0 radical (unpaired) electrons. The average molecular weight is 320 g/mol. The molecule has 0 aliphatic heterocycles. The zero-order chi connectivity index (χ0) is 17.4. The van der Waals surface area contributed by atoms with Gasteiger partial charge in [-0.15, -0.1) is 0 Å². The van der Waals surface area contributed by atoms with Crippen LogP contribution in [0.5, 0.6) is 0 Å². The standard InChI is InChI=1S/C16H20N2O5/c1-10(20)12-4-2-11(3-5-12)8-13(9-19)18-16(23)14(17)6-7-15(21)22/h2-5,9,13-14H,6-8,17H2,1H3,(H,18,23)(H,21,22)/t13-,14+/m0/s1. The van der Waals surface area contributed by atoms with Crippen molar-refractivity contribution in [3.05, 3.63) is 35.4 Å². The van der Waals surface area contributed by atoms with E-state index in [1.54, 1.807) is 24.3 Å². The molecule has 0 heterocycles. The molecular formula is C16H20N2O5. The van der Waals surface area contributed by atoms with Crippen molar-refractivity contribution in [3.8, 4) is 0 Å². The smallest absolute Gasteiger partial charge is 0.303 e. The third kappa shape index (κ3) is 6.39. The van der Waals surface area contributed by atoms with Gasteiger partial charge >= 0.3 is 5.97 Å². The molecule has 1 amide bonds. The molecule has 0 aromatic heterocycles. The molecule has 7 heteroatoms. The zero-order valence-corrected chi connectivity index (χ0v) is 12.8. The summed E-state index contributed by atoms with van der Waals surface area (Å²) in [6.45, 7) is 1.46. The van der Waals surface area contributed by atoms with Crippen LogP contribution >= 0.6 is 0 Å². The number of Topliss-reactive ketones (excluding diaryl/α,β-unsaturated/α-hetero) is 1. The first-order chi connectivity index (χ1) is 10.8. The second-order valence-corrected chi connectivity index (χ2v) is 5.25. The summed E-state index contributed by atoms with van der Waals surface area (Å²) >= 11 is 0. The van der Waals surface area contributed by atoms with E-state index in [1.807, 2.05) is 0 Å². The Labute approximate surface area is 133 Å². The maximum Gasteiger partial charge on any atom is 0.303 e. The van der Waals surface area contributed by atoms with E-state index in [9.17, 15) is 19.2 Å². The van der Waals surface area contributed by atoms with E-state index in [1.165, 1.54) is 6.92 Å². The zero-order valence-electron chi connectivity index (χ0n) is 12.8. The summed E-state index contributed by atoms with van der Waals surface area (Å²) in [5.41, 5.74) is 6.94. The first kappa shape index (κ1) is 18.5. The number of carboxylic acids is 1. The van der Waals surface area contributed by atoms with Crippen LogP contribution in [0.4, 0.5) is 0 Å². The van der Waals surface area contributed by atoms with Crippen molar-refractivity contribution in [3.63, 3.8) is 0 Å². The molecule has 4 N–H and O–H groups in total.